The van der Waals surface area contributed by atoms with Crippen molar-refractivity contribution in [3.05, 3.63) is 89.1 Å². The molecule has 1 aromatic heterocycles. The molecule has 3 aromatic carbocycles. The van der Waals surface area contributed by atoms with Crippen molar-refractivity contribution in [3.63, 3.8) is 0 Å². The number of carbonyl (C=O) groups excluding carboxylic acids is 1. The van der Waals surface area contributed by atoms with Crippen molar-refractivity contribution < 1.29 is 22.3 Å². The van der Waals surface area contributed by atoms with Gasteiger partial charge in [-0.3, -0.25) is 14.8 Å². The van der Waals surface area contributed by atoms with Gasteiger partial charge in [0.25, 0.3) is 15.9 Å². The molecule has 5 rings (SSSR count). The zero-order valence-electron chi connectivity index (χ0n) is 16.9. The predicted octanol–water partition coefficient (Wildman–Crippen LogP) is 4.89. The number of para-hydroxylation sites is 2. The van der Waals surface area contributed by atoms with E-state index in [1.807, 2.05) is 24.3 Å². The fourth-order valence-electron chi connectivity index (χ4n) is 3.40. The van der Waals surface area contributed by atoms with Gasteiger partial charge in [0.15, 0.2) is 5.13 Å². The number of ether oxygens (including phenoxy) is 1. The van der Waals surface area contributed by atoms with Crippen molar-refractivity contribution in [1.82, 2.24) is 4.98 Å². The molecule has 0 radical (unpaired) electrons. The van der Waals surface area contributed by atoms with Gasteiger partial charge in [0.1, 0.15) is 18.2 Å². The molecule has 2 N–H and O–H groups in total. The van der Waals surface area contributed by atoms with Crippen LogP contribution in [0.15, 0.2) is 77.7 Å². The minimum atomic E-state index is -4.02. The normalized spacial score (nSPS) is 12.3. The summed E-state index contributed by atoms with van der Waals surface area (Å²) in [4.78, 5) is 18.3. The molecule has 33 heavy (non-hydrogen) atoms. The first kappa shape index (κ1) is 21.1. The average Bonchev–Trinajstić information content (AvgIpc) is 3.22. The molecule has 0 saturated heterocycles. The second-order valence-electron chi connectivity index (χ2n) is 7.13. The second-order valence-corrected chi connectivity index (χ2v) is 9.90. The summed E-state index contributed by atoms with van der Waals surface area (Å²) in [5.41, 5.74) is 1.81. The van der Waals surface area contributed by atoms with Crippen molar-refractivity contribution in [3.8, 4) is 17.0 Å². The Balaban J connectivity index is 1.40. The first-order valence-corrected chi connectivity index (χ1v) is 12.1. The largest absolute Gasteiger partial charge is 0.487 e. The van der Waals surface area contributed by atoms with Crippen LogP contribution in [-0.2, 0) is 16.6 Å². The third-order valence-corrected chi connectivity index (χ3v) is 7.28. The quantitative estimate of drug-likeness (QED) is 0.423. The van der Waals surface area contributed by atoms with Crippen LogP contribution in [0.1, 0.15) is 15.2 Å². The van der Waals surface area contributed by atoms with Gasteiger partial charge in [0, 0.05) is 5.56 Å². The van der Waals surface area contributed by atoms with Crippen LogP contribution in [0, 0.1) is 5.82 Å². The SMILES string of the molecule is O=C(Nc1nc2c(s1)COc1ccccc1-2)c1ccccc1NS(=O)(=O)c1ccc(F)cc1. The summed E-state index contributed by atoms with van der Waals surface area (Å²) in [5, 5.41) is 3.12. The van der Waals surface area contributed by atoms with Crippen LogP contribution in [0.5, 0.6) is 5.75 Å². The van der Waals surface area contributed by atoms with Gasteiger partial charge >= 0.3 is 0 Å². The van der Waals surface area contributed by atoms with Crippen molar-refractivity contribution in [2.45, 2.75) is 11.5 Å². The van der Waals surface area contributed by atoms with E-state index < -0.39 is 21.7 Å². The second kappa shape index (κ2) is 8.30. The number of nitrogens with zero attached hydrogens (tertiary/aromatic N) is 1. The van der Waals surface area contributed by atoms with Crippen LogP contribution < -0.4 is 14.8 Å². The molecule has 0 spiro atoms. The molecule has 0 aliphatic carbocycles. The Bertz CT molecular complexity index is 1470. The summed E-state index contributed by atoms with van der Waals surface area (Å²) >= 11 is 1.30. The number of hydrogen-bond donors (Lipinski definition) is 2. The topological polar surface area (TPSA) is 97.4 Å². The van der Waals surface area contributed by atoms with Gasteiger partial charge in [-0.15, -0.1) is 0 Å². The number of nitrogens with one attached hydrogen (secondary N) is 2. The van der Waals surface area contributed by atoms with E-state index >= 15 is 0 Å². The van der Waals surface area contributed by atoms with E-state index in [0.717, 1.165) is 46.1 Å². The highest BCUT2D eigenvalue weighted by Gasteiger charge is 2.24. The highest BCUT2D eigenvalue weighted by Crippen LogP contribution is 2.40. The minimum absolute atomic E-state index is 0.0920. The molecule has 10 heteroatoms. The third-order valence-electron chi connectivity index (χ3n) is 4.96. The number of hydrogen-bond acceptors (Lipinski definition) is 6. The lowest BCUT2D eigenvalue weighted by molar-refractivity contribution is 0.102. The van der Waals surface area contributed by atoms with Crippen LogP contribution >= 0.6 is 11.3 Å². The molecule has 1 aliphatic heterocycles. The van der Waals surface area contributed by atoms with Crippen LogP contribution in [0.25, 0.3) is 11.3 Å². The smallest absolute Gasteiger partial charge is 0.261 e. The van der Waals surface area contributed by atoms with E-state index in [4.69, 9.17) is 4.74 Å². The van der Waals surface area contributed by atoms with Crippen molar-refractivity contribution in [1.29, 1.82) is 0 Å². The van der Waals surface area contributed by atoms with Crippen molar-refractivity contribution in [2.24, 2.45) is 0 Å². The van der Waals surface area contributed by atoms with Crippen LogP contribution in [0.2, 0.25) is 0 Å². The number of amides is 1. The lowest BCUT2D eigenvalue weighted by atomic mass is 10.1. The average molecular weight is 482 g/mol. The molecule has 0 fully saturated rings. The zero-order chi connectivity index (χ0) is 23.0. The fourth-order valence-corrected chi connectivity index (χ4v) is 5.36. The monoisotopic (exact) mass is 481 g/mol. The highest BCUT2D eigenvalue weighted by atomic mass is 32.2. The third kappa shape index (κ3) is 4.18. The van der Waals surface area contributed by atoms with Gasteiger partial charge in [-0.1, -0.05) is 35.6 Å². The number of benzene rings is 3. The van der Waals surface area contributed by atoms with Gasteiger partial charge in [0.05, 0.1) is 26.7 Å². The molecule has 0 unspecified atom stereocenters. The maximum absolute atomic E-state index is 13.2. The summed E-state index contributed by atoms with van der Waals surface area (Å²) < 4.78 is 46.7. The number of halogens is 1. The molecule has 4 aromatic rings. The first-order chi connectivity index (χ1) is 15.9. The number of thiazole rings is 1. The Morgan fingerprint density at radius 3 is 2.55 bits per heavy atom. The van der Waals surface area contributed by atoms with Crippen LogP contribution in [0.3, 0.4) is 0 Å². The number of carbonyl (C=O) groups is 1. The number of fused-ring (bicyclic) bond motifs is 3. The Morgan fingerprint density at radius 2 is 1.73 bits per heavy atom. The molecular formula is C23H16FN3O4S2. The molecule has 1 amide bonds. The maximum atomic E-state index is 13.2. The molecule has 0 saturated carbocycles. The number of rotatable bonds is 5. The number of sulfonamides is 1. The van der Waals surface area contributed by atoms with Crippen molar-refractivity contribution in [2.75, 3.05) is 10.0 Å². The summed E-state index contributed by atoms with van der Waals surface area (Å²) in [6, 6.07) is 18.2. The first-order valence-electron chi connectivity index (χ1n) is 9.81. The molecule has 0 bridgehead atoms. The van der Waals surface area contributed by atoms with Crippen LogP contribution in [0.4, 0.5) is 15.2 Å². The molecule has 166 valence electrons. The highest BCUT2D eigenvalue weighted by molar-refractivity contribution is 7.92. The van der Waals surface area contributed by atoms with Crippen LogP contribution in [-0.4, -0.2) is 19.3 Å². The van der Waals surface area contributed by atoms with E-state index in [9.17, 15) is 17.6 Å². The zero-order valence-corrected chi connectivity index (χ0v) is 18.5. The van der Waals surface area contributed by atoms with Gasteiger partial charge in [0.2, 0.25) is 0 Å². The van der Waals surface area contributed by atoms with Gasteiger partial charge in [-0.25, -0.2) is 17.8 Å². The lowest BCUT2D eigenvalue weighted by Crippen LogP contribution is -2.18. The summed E-state index contributed by atoms with van der Waals surface area (Å²) in [6.07, 6.45) is 0. The molecule has 1 aliphatic rings. The van der Waals surface area contributed by atoms with Crippen molar-refractivity contribution >= 4 is 38.1 Å². The molecule has 7 nitrogen and oxygen atoms in total. The minimum Gasteiger partial charge on any atom is -0.487 e. The van der Waals surface area contributed by atoms with E-state index in [0.29, 0.717) is 11.7 Å². The predicted molar refractivity (Wildman–Crippen MR) is 123 cm³/mol. The van der Waals surface area contributed by atoms with Gasteiger partial charge < -0.3 is 4.74 Å². The van der Waals surface area contributed by atoms with Gasteiger partial charge in [-0.05, 0) is 48.5 Å². The Labute approximate surface area is 192 Å². The van der Waals surface area contributed by atoms with E-state index in [1.54, 1.807) is 12.1 Å². The molecule has 2 heterocycles. The lowest BCUT2D eigenvalue weighted by Gasteiger charge is -2.15. The van der Waals surface area contributed by atoms with Gasteiger partial charge in [-0.2, -0.15) is 0 Å². The molecular weight excluding hydrogens is 465 g/mol. The van der Waals surface area contributed by atoms with E-state index in [1.165, 1.54) is 23.5 Å². The Hall–Kier alpha value is -3.76. The fraction of sp³-hybridized carbons (Fsp3) is 0.0435. The Kier molecular flexibility index (Phi) is 5.31. The summed E-state index contributed by atoms with van der Waals surface area (Å²) in [7, 11) is -4.02. The molecule has 0 atom stereocenters. The summed E-state index contributed by atoms with van der Waals surface area (Å²) in [6.45, 7) is 0.355. The standard InChI is InChI=1S/C23H16FN3O4S2/c24-14-9-11-15(12-10-14)33(29,30)27-18-7-3-1-5-16(18)22(28)26-23-25-21-17-6-2-4-8-19(17)31-13-20(21)32-23/h1-12,27H,13H2,(H,25,26,28). The number of anilines is 2. The van der Waals surface area contributed by atoms with E-state index in [2.05, 4.69) is 15.0 Å². The maximum Gasteiger partial charge on any atom is 0.261 e. The summed E-state index contributed by atoms with van der Waals surface area (Å²) in [5.74, 6) is -0.339. The van der Waals surface area contributed by atoms with E-state index in [-0.39, 0.29) is 16.1 Å². The number of aromatic nitrogens is 1. The Morgan fingerprint density at radius 1 is 1.00 bits per heavy atom.